The van der Waals surface area contributed by atoms with Gasteiger partial charge in [-0.05, 0) is 49.8 Å². The van der Waals surface area contributed by atoms with Gasteiger partial charge in [-0.2, -0.15) is 18.3 Å². The van der Waals surface area contributed by atoms with Crippen LogP contribution >= 0.6 is 0 Å². The third-order valence-corrected chi connectivity index (χ3v) is 6.01. The van der Waals surface area contributed by atoms with Crippen LogP contribution in [0.4, 0.5) is 13.2 Å². The summed E-state index contributed by atoms with van der Waals surface area (Å²) in [5, 5.41) is 4.59. The first-order chi connectivity index (χ1) is 13.4. The number of rotatable bonds is 4. The number of hydrogen-bond donors (Lipinski definition) is 0. The van der Waals surface area contributed by atoms with Gasteiger partial charge in [0, 0.05) is 18.8 Å². The van der Waals surface area contributed by atoms with E-state index in [-0.39, 0.29) is 18.2 Å². The van der Waals surface area contributed by atoms with Gasteiger partial charge in [0.1, 0.15) is 0 Å². The fourth-order valence-corrected chi connectivity index (χ4v) is 4.64. The Bertz CT molecular complexity index is 882. The summed E-state index contributed by atoms with van der Waals surface area (Å²) in [5.74, 6) is -0.544. The molecule has 1 aromatic carbocycles. The first-order valence-corrected chi connectivity index (χ1v) is 9.87. The lowest BCUT2D eigenvalue weighted by Crippen LogP contribution is -2.39. The van der Waals surface area contributed by atoms with Crippen LogP contribution in [0, 0.1) is 0 Å². The molecule has 0 N–H and O–H groups in total. The molecule has 0 atom stereocenters. The van der Waals surface area contributed by atoms with Gasteiger partial charge in [-0.15, -0.1) is 0 Å². The molecule has 1 saturated carbocycles. The lowest BCUT2D eigenvalue weighted by Gasteiger charge is -2.29. The van der Waals surface area contributed by atoms with Crippen molar-refractivity contribution in [3.63, 3.8) is 0 Å². The number of benzene rings is 1. The Balaban J connectivity index is 1.70. The van der Waals surface area contributed by atoms with Crippen LogP contribution in [-0.4, -0.2) is 26.6 Å². The SMILES string of the molecule is Cn1nc(CN(C(=O)c2ccccc2C(F)(F)F)C2CCCC2)c2c1CCC2. The van der Waals surface area contributed by atoms with Gasteiger partial charge in [-0.3, -0.25) is 9.48 Å². The first-order valence-electron chi connectivity index (χ1n) is 9.87. The number of halogens is 3. The van der Waals surface area contributed by atoms with Crippen molar-refractivity contribution in [1.82, 2.24) is 14.7 Å². The molecule has 7 heteroatoms. The summed E-state index contributed by atoms with van der Waals surface area (Å²) in [6, 6.07) is 5.06. The van der Waals surface area contributed by atoms with Crippen molar-refractivity contribution in [2.75, 3.05) is 0 Å². The van der Waals surface area contributed by atoms with E-state index in [9.17, 15) is 18.0 Å². The van der Waals surface area contributed by atoms with Gasteiger partial charge in [-0.1, -0.05) is 25.0 Å². The van der Waals surface area contributed by atoms with E-state index < -0.39 is 17.6 Å². The highest BCUT2D eigenvalue weighted by molar-refractivity contribution is 5.96. The second-order valence-corrected chi connectivity index (χ2v) is 7.76. The van der Waals surface area contributed by atoms with Crippen molar-refractivity contribution in [3.05, 3.63) is 52.3 Å². The molecule has 4 nitrogen and oxygen atoms in total. The number of fused-ring (bicyclic) bond motifs is 1. The molecule has 0 spiro atoms. The minimum Gasteiger partial charge on any atom is -0.330 e. The quantitative estimate of drug-likeness (QED) is 0.769. The molecule has 0 aliphatic heterocycles. The topological polar surface area (TPSA) is 38.1 Å². The summed E-state index contributed by atoms with van der Waals surface area (Å²) in [4.78, 5) is 14.9. The summed E-state index contributed by atoms with van der Waals surface area (Å²) >= 11 is 0. The van der Waals surface area contributed by atoms with Crippen LogP contribution in [0.25, 0.3) is 0 Å². The molecule has 0 saturated heterocycles. The molecular weight excluding hydrogens is 367 g/mol. The van der Waals surface area contributed by atoms with E-state index in [0.29, 0.717) is 0 Å². The number of aryl methyl sites for hydroxylation is 1. The van der Waals surface area contributed by atoms with Gasteiger partial charge in [-0.25, -0.2) is 0 Å². The highest BCUT2D eigenvalue weighted by Gasteiger charge is 2.38. The van der Waals surface area contributed by atoms with Crippen LogP contribution in [0.1, 0.15) is 65.0 Å². The molecule has 2 aliphatic carbocycles. The predicted molar refractivity (Wildman–Crippen MR) is 98.8 cm³/mol. The van der Waals surface area contributed by atoms with Crippen LogP contribution in [0.3, 0.4) is 0 Å². The number of nitrogens with zero attached hydrogens (tertiary/aromatic N) is 3. The summed E-state index contributed by atoms with van der Waals surface area (Å²) in [7, 11) is 1.90. The molecule has 1 fully saturated rings. The van der Waals surface area contributed by atoms with Gasteiger partial charge in [0.25, 0.3) is 5.91 Å². The smallest absolute Gasteiger partial charge is 0.330 e. The molecule has 28 heavy (non-hydrogen) atoms. The first kappa shape index (κ1) is 19.0. The fraction of sp³-hybridized carbons (Fsp3) is 0.524. The highest BCUT2D eigenvalue weighted by atomic mass is 19.4. The number of carbonyl (C=O) groups excluding carboxylic acids is 1. The second kappa shape index (κ2) is 7.26. The van der Waals surface area contributed by atoms with Crippen LogP contribution in [0.2, 0.25) is 0 Å². The number of amides is 1. The van der Waals surface area contributed by atoms with Crippen molar-refractivity contribution in [3.8, 4) is 0 Å². The van der Waals surface area contributed by atoms with E-state index in [1.165, 1.54) is 29.5 Å². The zero-order valence-corrected chi connectivity index (χ0v) is 15.9. The van der Waals surface area contributed by atoms with Crippen LogP contribution < -0.4 is 0 Å². The number of aromatic nitrogens is 2. The lowest BCUT2D eigenvalue weighted by molar-refractivity contribution is -0.138. The van der Waals surface area contributed by atoms with Gasteiger partial charge in [0.15, 0.2) is 0 Å². The molecule has 1 heterocycles. The minimum atomic E-state index is -4.56. The molecule has 0 unspecified atom stereocenters. The Labute approximate surface area is 162 Å². The zero-order chi connectivity index (χ0) is 19.9. The molecule has 2 aromatic rings. The number of hydrogen-bond acceptors (Lipinski definition) is 2. The van der Waals surface area contributed by atoms with E-state index in [4.69, 9.17) is 0 Å². The molecule has 1 amide bonds. The van der Waals surface area contributed by atoms with Crippen molar-refractivity contribution in [2.24, 2.45) is 7.05 Å². The standard InChI is InChI=1S/C21H24F3N3O/c1-26-19-12-6-10-16(19)18(25-26)13-27(14-7-2-3-8-14)20(28)15-9-4-5-11-17(15)21(22,23)24/h4-5,9,11,14H,2-3,6-8,10,12-13H2,1H3. The monoisotopic (exact) mass is 391 g/mol. The molecule has 2 aliphatic rings. The number of carbonyl (C=O) groups is 1. The van der Waals surface area contributed by atoms with Crippen LogP contribution in [-0.2, 0) is 32.6 Å². The molecular formula is C21H24F3N3O. The largest absolute Gasteiger partial charge is 0.417 e. The average molecular weight is 391 g/mol. The van der Waals surface area contributed by atoms with E-state index >= 15 is 0 Å². The maximum atomic E-state index is 13.5. The average Bonchev–Trinajstić information content (AvgIpc) is 3.39. The predicted octanol–water partition coefficient (Wildman–Crippen LogP) is 4.51. The van der Waals surface area contributed by atoms with Crippen molar-refractivity contribution in [2.45, 2.75) is 63.7 Å². The summed E-state index contributed by atoms with van der Waals surface area (Å²) in [6.07, 6.45) is 2.04. The maximum Gasteiger partial charge on any atom is 0.417 e. The molecule has 0 bridgehead atoms. The van der Waals surface area contributed by atoms with Gasteiger partial charge < -0.3 is 4.90 Å². The van der Waals surface area contributed by atoms with Crippen LogP contribution in [0.5, 0.6) is 0 Å². The van der Waals surface area contributed by atoms with Crippen molar-refractivity contribution < 1.29 is 18.0 Å². The van der Waals surface area contributed by atoms with E-state index in [2.05, 4.69) is 5.10 Å². The lowest BCUT2D eigenvalue weighted by atomic mass is 10.0. The minimum absolute atomic E-state index is 0.0344. The Morgan fingerprint density at radius 1 is 1.18 bits per heavy atom. The van der Waals surface area contributed by atoms with Gasteiger partial charge in [0.2, 0.25) is 0 Å². The highest BCUT2D eigenvalue weighted by Crippen LogP contribution is 2.35. The normalized spacial score (nSPS) is 17.1. The zero-order valence-electron chi connectivity index (χ0n) is 15.9. The fourth-order valence-electron chi connectivity index (χ4n) is 4.64. The number of alkyl halides is 3. The van der Waals surface area contributed by atoms with Gasteiger partial charge in [0.05, 0.1) is 23.4 Å². The Hall–Kier alpha value is -2.31. The maximum absolute atomic E-state index is 13.5. The molecule has 150 valence electrons. The third-order valence-electron chi connectivity index (χ3n) is 6.01. The third kappa shape index (κ3) is 3.42. The summed E-state index contributed by atoms with van der Waals surface area (Å²) in [5.41, 5.74) is 2.05. The molecule has 0 radical (unpaired) electrons. The molecule has 4 rings (SSSR count). The molecule has 1 aromatic heterocycles. The Morgan fingerprint density at radius 2 is 1.89 bits per heavy atom. The van der Waals surface area contributed by atoms with Gasteiger partial charge >= 0.3 is 6.18 Å². The van der Waals surface area contributed by atoms with E-state index in [1.807, 2.05) is 11.7 Å². The van der Waals surface area contributed by atoms with Crippen LogP contribution in [0.15, 0.2) is 24.3 Å². The van der Waals surface area contributed by atoms with E-state index in [1.54, 1.807) is 4.90 Å². The van der Waals surface area contributed by atoms with Crippen molar-refractivity contribution >= 4 is 5.91 Å². The van der Waals surface area contributed by atoms with Crippen molar-refractivity contribution in [1.29, 1.82) is 0 Å². The summed E-state index contributed by atoms with van der Waals surface area (Å²) < 4.78 is 42.3. The Kier molecular flexibility index (Phi) is 4.93. The van der Waals surface area contributed by atoms with E-state index in [0.717, 1.165) is 56.7 Å². The Morgan fingerprint density at radius 3 is 2.61 bits per heavy atom. The second-order valence-electron chi connectivity index (χ2n) is 7.76. The summed E-state index contributed by atoms with van der Waals surface area (Å²) in [6.45, 7) is 0.277.